The summed E-state index contributed by atoms with van der Waals surface area (Å²) in [6.07, 6.45) is -4.63. The Bertz CT molecular complexity index is 1460. The summed E-state index contributed by atoms with van der Waals surface area (Å²) in [5.74, 6) is -1.86. The molecule has 0 aliphatic rings. The van der Waals surface area contributed by atoms with E-state index in [1.54, 1.807) is 31.2 Å². The third-order valence-electron chi connectivity index (χ3n) is 6.00. The SMILES string of the molecule is Cc1ccccc1-c1ccc(-c2nc(-c3ccc(CNC(C)(C)C(=O)O)c(F)c3)no2)cc1C(F)(F)F. The van der Waals surface area contributed by atoms with Crippen LogP contribution in [0.25, 0.3) is 34.0 Å². The molecule has 3 aromatic carbocycles. The highest BCUT2D eigenvalue weighted by Gasteiger charge is 2.35. The number of hydrogen-bond donors (Lipinski definition) is 2. The summed E-state index contributed by atoms with van der Waals surface area (Å²) in [5.41, 5.74) is -0.349. The Balaban J connectivity index is 1.63. The molecule has 0 radical (unpaired) electrons. The van der Waals surface area contributed by atoms with Crippen molar-refractivity contribution in [2.45, 2.75) is 39.0 Å². The molecule has 2 N–H and O–H groups in total. The summed E-state index contributed by atoms with van der Waals surface area (Å²) >= 11 is 0. The lowest BCUT2D eigenvalue weighted by molar-refractivity contribution is -0.143. The molecule has 6 nitrogen and oxygen atoms in total. The van der Waals surface area contributed by atoms with Crippen molar-refractivity contribution in [3.05, 3.63) is 83.2 Å². The fraction of sp³-hybridized carbons (Fsp3) is 0.222. The molecule has 0 amide bonds. The van der Waals surface area contributed by atoms with Gasteiger partial charge in [0.25, 0.3) is 5.89 Å². The number of aliphatic carboxylic acids is 1. The predicted molar refractivity (Wildman–Crippen MR) is 129 cm³/mol. The number of alkyl halides is 3. The monoisotopic (exact) mass is 513 g/mol. The topological polar surface area (TPSA) is 88.2 Å². The maximum absolute atomic E-state index is 14.7. The van der Waals surface area contributed by atoms with Crippen molar-refractivity contribution in [3.63, 3.8) is 0 Å². The van der Waals surface area contributed by atoms with Crippen LogP contribution in [0.4, 0.5) is 17.6 Å². The highest BCUT2D eigenvalue weighted by Crippen LogP contribution is 2.40. The Hall–Kier alpha value is -4.05. The van der Waals surface area contributed by atoms with Gasteiger partial charge in [-0.15, -0.1) is 0 Å². The lowest BCUT2D eigenvalue weighted by atomic mass is 9.94. The number of carboxylic acids is 1. The maximum atomic E-state index is 14.7. The third-order valence-corrected chi connectivity index (χ3v) is 6.00. The number of rotatable bonds is 7. The lowest BCUT2D eigenvalue weighted by Crippen LogP contribution is -2.46. The molecule has 0 bridgehead atoms. The van der Waals surface area contributed by atoms with Crippen LogP contribution in [0.5, 0.6) is 0 Å². The van der Waals surface area contributed by atoms with E-state index in [4.69, 9.17) is 4.52 Å². The fourth-order valence-electron chi connectivity index (χ4n) is 3.70. The molecular formula is C27H23F4N3O3. The smallest absolute Gasteiger partial charge is 0.417 e. The zero-order valence-corrected chi connectivity index (χ0v) is 20.2. The molecule has 1 heterocycles. The number of aryl methyl sites for hydroxylation is 1. The Morgan fingerprint density at radius 3 is 2.35 bits per heavy atom. The standard InChI is InChI=1S/C27H23F4N3O3/c1-15-6-4-5-7-19(15)20-11-10-17(12-21(20)27(29,30)31)24-33-23(34-37-24)16-8-9-18(22(28)13-16)14-32-26(2,3)25(35)36/h4-13,32H,14H2,1-3H3,(H,35,36). The van der Waals surface area contributed by atoms with Gasteiger partial charge in [-0.25, -0.2) is 4.39 Å². The van der Waals surface area contributed by atoms with Crippen LogP contribution in [-0.4, -0.2) is 26.8 Å². The second-order valence-corrected chi connectivity index (χ2v) is 9.09. The Labute approximate surface area is 210 Å². The van der Waals surface area contributed by atoms with Gasteiger partial charge in [-0.05, 0) is 55.7 Å². The molecule has 0 aliphatic carbocycles. The average molecular weight is 513 g/mol. The van der Waals surface area contributed by atoms with Gasteiger partial charge in [0.2, 0.25) is 5.82 Å². The molecule has 4 aromatic rings. The van der Waals surface area contributed by atoms with Gasteiger partial charge in [-0.1, -0.05) is 47.6 Å². The van der Waals surface area contributed by atoms with Crippen molar-refractivity contribution in [1.82, 2.24) is 15.5 Å². The van der Waals surface area contributed by atoms with Crippen molar-refractivity contribution in [2.24, 2.45) is 0 Å². The predicted octanol–water partition coefficient (Wildman–Crippen LogP) is 6.49. The molecule has 0 atom stereocenters. The molecule has 37 heavy (non-hydrogen) atoms. The van der Waals surface area contributed by atoms with E-state index in [0.717, 1.165) is 12.1 Å². The van der Waals surface area contributed by atoms with E-state index in [-0.39, 0.29) is 40.5 Å². The summed E-state index contributed by atoms with van der Waals surface area (Å²) in [6, 6.07) is 14.7. The molecule has 0 spiro atoms. The van der Waals surface area contributed by atoms with Crippen LogP contribution in [0.1, 0.15) is 30.5 Å². The third kappa shape index (κ3) is 5.54. The van der Waals surface area contributed by atoms with Gasteiger partial charge in [-0.3, -0.25) is 10.1 Å². The first-order valence-corrected chi connectivity index (χ1v) is 11.3. The van der Waals surface area contributed by atoms with E-state index in [2.05, 4.69) is 15.5 Å². The van der Waals surface area contributed by atoms with Gasteiger partial charge >= 0.3 is 12.1 Å². The van der Waals surface area contributed by atoms with Crippen molar-refractivity contribution in [3.8, 4) is 34.0 Å². The molecule has 10 heteroatoms. The molecule has 4 rings (SSSR count). The number of halogens is 4. The highest BCUT2D eigenvalue weighted by atomic mass is 19.4. The van der Waals surface area contributed by atoms with Crippen molar-refractivity contribution >= 4 is 5.97 Å². The van der Waals surface area contributed by atoms with E-state index >= 15 is 0 Å². The molecule has 0 fully saturated rings. The Morgan fingerprint density at radius 2 is 1.70 bits per heavy atom. The molecule has 0 unspecified atom stereocenters. The molecule has 0 saturated heterocycles. The van der Waals surface area contributed by atoms with Crippen molar-refractivity contribution < 1.29 is 32.0 Å². The molecule has 1 aromatic heterocycles. The van der Waals surface area contributed by atoms with Gasteiger partial charge < -0.3 is 9.63 Å². The van der Waals surface area contributed by atoms with Crippen LogP contribution in [0.3, 0.4) is 0 Å². The van der Waals surface area contributed by atoms with Crippen LogP contribution in [0.15, 0.2) is 65.2 Å². The van der Waals surface area contributed by atoms with Gasteiger partial charge in [0.1, 0.15) is 11.4 Å². The highest BCUT2D eigenvalue weighted by molar-refractivity contribution is 5.77. The minimum Gasteiger partial charge on any atom is -0.480 e. The van der Waals surface area contributed by atoms with Gasteiger partial charge in [0.05, 0.1) is 5.56 Å². The summed E-state index contributed by atoms with van der Waals surface area (Å²) in [4.78, 5) is 15.4. The van der Waals surface area contributed by atoms with Gasteiger partial charge in [-0.2, -0.15) is 18.2 Å². The van der Waals surface area contributed by atoms with Crippen LogP contribution < -0.4 is 5.32 Å². The largest absolute Gasteiger partial charge is 0.480 e. The summed E-state index contributed by atoms with van der Waals surface area (Å²) in [7, 11) is 0. The van der Waals surface area contributed by atoms with E-state index in [1.807, 2.05) is 0 Å². The molecule has 0 aliphatic heterocycles. The Morgan fingerprint density at radius 1 is 1.00 bits per heavy atom. The Kier molecular flexibility index (Phi) is 6.88. The minimum atomic E-state index is -4.63. The minimum absolute atomic E-state index is 0.00388. The number of aromatic nitrogens is 2. The first-order chi connectivity index (χ1) is 17.4. The second-order valence-electron chi connectivity index (χ2n) is 9.09. The summed E-state index contributed by atoms with van der Waals surface area (Å²) in [6.45, 7) is 4.62. The van der Waals surface area contributed by atoms with E-state index in [1.165, 1.54) is 38.1 Å². The second kappa shape index (κ2) is 9.78. The van der Waals surface area contributed by atoms with E-state index in [0.29, 0.717) is 11.1 Å². The van der Waals surface area contributed by atoms with Crippen LogP contribution >= 0.6 is 0 Å². The number of nitrogens with one attached hydrogen (secondary N) is 1. The van der Waals surface area contributed by atoms with Crippen LogP contribution in [-0.2, 0) is 17.5 Å². The summed E-state index contributed by atoms with van der Waals surface area (Å²) in [5, 5.41) is 15.7. The van der Waals surface area contributed by atoms with Gasteiger partial charge in [0.15, 0.2) is 0 Å². The van der Waals surface area contributed by atoms with Crippen molar-refractivity contribution in [2.75, 3.05) is 0 Å². The number of benzene rings is 3. The van der Waals surface area contributed by atoms with E-state index in [9.17, 15) is 27.5 Å². The van der Waals surface area contributed by atoms with Crippen LogP contribution in [0, 0.1) is 12.7 Å². The molecule has 192 valence electrons. The average Bonchev–Trinajstić information content (AvgIpc) is 3.33. The quantitative estimate of drug-likeness (QED) is 0.275. The number of hydrogen-bond acceptors (Lipinski definition) is 5. The molecular weight excluding hydrogens is 490 g/mol. The normalized spacial score (nSPS) is 12.1. The number of carbonyl (C=O) groups is 1. The molecule has 0 saturated carbocycles. The van der Waals surface area contributed by atoms with Gasteiger partial charge in [0, 0.05) is 23.2 Å². The number of nitrogens with zero attached hydrogens (tertiary/aromatic N) is 2. The lowest BCUT2D eigenvalue weighted by Gasteiger charge is -2.21. The number of carboxylic acid groups (broad SMARTS) is 1. The fourth-order valence-corrected chi connectivity index (χ4v) is 3.70. The zero-order chi connectivity index (χ0) is 27.0. The zero-order valence-electron chi connectivity index (χ0n) is 20.2. The first kappa shape index (κ1) is 26.0. The van der Waals surface area contributed by atoms with E-state index < -0.39 is 29.1 Å². The van der Waals surface area contributed by atoms with Crippen LogP contribution in [0.2, 0.25) is 0 Å². The summed E-state index contributed by atoms with van der Waals surface area (Å²) < 4.78 is 61.7. The van der Waals surface area contributed by atoms with Crippen molar-refractivity contribution in [1.29, 1.82) is 0 Å². The first-order valence-electron chi connectivity index (χ1n) is 11.3. The maximum Gasteiger partial charge on any atom is 0.417 e.